The van der Waals surface area contributed by atoms with E-state index in [9.17, 15) is 8.42 Å². The van der Waals surface area contributed by atoms with E-state index in [-0.39, 0.29) is 11.4 Å². The lowest BCUT2D eigenvalue weighted by Gasteiger charge is -2.10. The number of sulfonamides is 1. The first-order valence-electron chi connectivity index (χ1n) is 10.4. The summed E-state index contributed by atoms with van der Waals surface area (Å²) in [6.07, 6.45) is 2.10. The molecule has 0 aliphatic rings. The number of thiophene rings is 1. The van der Waals surface area contributed by atoms with E-state index in [1.54, 1.807) is 25.1 Å². The molecule has 4 rings (SSSR count). The van der Waals surface area contributed by atoms with Crippen molar-refractivity contribution in [1.82, 2.24) is 14.5 Å². The fraction of sp³-hybridized carbons (Fsp3) is 0.208. The highest BCUT2D eigenvalue weighted by atomic mass is 32.2. The van der Waals surface area contributed by atoms with Crippen LogP contribution in [-0.2, 0) is 23.0 Å². The molecule has 2 aromatic carbocycles. The third kappa shape index (κ3) is 5.44. The predicted octanol–water partition coefficient (Wildman–Crippen LogP) is 4.20. The molecule has 7 nitrogen and oxygen atoms in total. The van der Waals surface area contributed by atoms with Gasteiger partial charge in [-0.3, -0.25) is 4.68 Å². The zero-order valence-corrected chi connectivity index (χ0v) is 20.0. The molecule has 0 fully saturated rings. The third-order valence-electron chi connectivity index (χ3n) is 5.11. The lowest BCUT2D eigenvalue weighted by Crippen LogP contribution is -2.26. The van der Waals surface area contributed by atoms with E-state index in [0.717, 1.165) is 16.0 Å². The predicted molar refractivity (Wildman–Crippen MR) is 130 cm³/mol. The molecule has 0 saturated heterocycles. The van der Waals surface area contributed by atoms with Crippen molar-refractivity contribution < 1.29 is 17.9 Å². The van der Waals surface area contributed by atoms with Gasteiger partial charge in [0.15, 0.2) is 11.5 Å². The average Bonchev–Trinajstić information content (AvgIpc) is 3.50. The molecule has 172 valence electrons. The molecule has 2 aromatic heterocycles. The van der Waals surface area contributed by atoms with Crippen molar-refractivity contribution in [2.24, 2.45) is 0 Å². The number of methoxy groups -OCH3 is 2. The number of nitrogens with zero attached hydrogens (tertiary/aromatic N) is 2. The summed E-state index contributed by atoms with van der Waals surface area (Å²) < 4.78 is 41.4. The summed E-state index contributed by atoms with van der Waals surface area (Å²) in [6.45, 7) is 0.728. The molecular weight excluding hydrogens is 458 g/mol. The molecule has 0 bridgehead atoms. The third-order valence-corrected chi connectivity index (χ3v) is 7.45. The number of benzene rings is 2. The lowest BCUT2D eigenvalue weighted by atomic mass is 10.1. The second kappa shape index (κ2) is 10.2. The Bertz CT molecular complexity index is 1300. The fourth-order valence-corrected chi connectivity index (χ4v) is 5.46. The average molecular weight is 484 g/mol. The molecule has 1 N–H and O–H groups in total. The lowest BCUT2D eigenvalue weighted by molar-refractivity contribution is 0.354. The summed E-state index contributed by atoms with van der Waals surface area (Å²) in [6, 6.07) is 19.1. The molecule has 0 saturated carbocycles. The van der Waals surface area contributed by atoms with Crippen LogP contribution in [0.1, 0.15) is 11.1 Å². The maximum Gasteiger partial charge on any atom is 0.244 e. The van der Waals surface area contributed by atoms with E-state index in [2.05, 4.69) is 9.82 Å². The van der Waals surface area contributed by atoms with Crippen LogP contribution in [-0.4, -0.2) is 39.0 Å². The summed E-state index contributed by atoms with van der Waals surface area (Å²) in [5.74, 6) is 1.24. The van der Waals surface area contributed by atoms with Crippen molar-refractivity contribution in [2.75, 3.05) is 20.8 Å². The van der Waals surface area contributed by atoms with Crippen LogP contribution in [0.2, 0.25) is 0 Å². The molecule has 9 heteroatoms. The fourth-order valence-electron chi connectivity index (χ4n) is 3.48. The van der Waals surface area contributed by atoms with Crippen molar-refractivity contribution in [3.05, 3.63) is 83.4 Å². The molecule has 0 unspecified atom stereocenters. The largest absolute Gasteiger partial charge is 0.493 e. The number of aromatic nitrogens is 2. The maximum absolute atomic E-state index is 13.2. The molecule has 33 heavy (non-hydrogen) atoms. The van der Waals surface area contributed by atoms with Crippen LogP contribution in [0.15, 0.2) is 77.1 Å². The SMILES string of the molecule is COc1ccc(CCNS(=O)(=O)c2cn(Cc3ccccc3)nc2-c2cccs2)cc1OC. The second-order valence-corrected chi connectivity index (χ2v) is 10.0. The molecule has 4 aromatic rings. The Morgan fingerprint density at radius 3 is 2.45 bits per heavy atom. The summed E-state index contributed by atoms with van der Waals surface area (Å²) in [7, 11) is -0.619. The Morgan fingerprint density at radius 2 is 1.76 bits per heavy atom. The van der Waals surface area contributed by atoms with E-state index < -0.39 is 10.0 Å². The number of hydrogen-bond acceptors (Lipinski definition) is 6. The Morgan fingerprint density at radius 1 is 0.970 bits per heavy atom. The van der Waals surface area contributed by atoms with Crippen LogP contribution in [0.5, 0.6) is 11.5 Å². The van der Waals surface area contributed by atoms with Gasteiger partial charge in [-0.05, 0) is 41.1 Å². The normalized spacial score (nSPS) is 11.5. The van der Waals surface area contributed by atoms with Crippen molar-refractivity contribution in [3.8, 4) is 22.1 Å². The van der Waals surface area contributed by atoms with E-state index in [1.807, 2.05) is 66.0 Å². The van der Waals surface area contributed by atoms with E-state index in [1.165, 1.54) is 11.3 Å². The highest BCUT2D eigenvalue weighted by molar-refractivity contribution is 7.89. The van der Waals surface area contributed by atoms with E-state index in [0.29, 0.717) is 30.2 Å². The van der Waals surface area contributed by atoms with Crippen LogP contribution < -0.4 is 14.2 Å². The summed E-state index contributed by atoms with van der Waals surface area (Å²) in [5.41, 5.74) is 2.44. The molecule has 0 aliphatic heterocycles. The van der Waals surface area contributed by atoms with Crippen LogP contribution in [0, 0.1) is 0 Å². The number of rotatable bonds is 10. The van der Waals surface area contributed by atoms with Gasteiger partial charge in [0.2, 0.25) is 10.0 Å². The van der Waals surface area contributed by atoms with Gasteiger partial charge in [0.05, 0.1) is 25.6 Å². The smallest absolute Gasteiger partial charge is 0.244 e. The van der Waals surface area contributed by atoms with Gasteiger partial charge in [0.25, 0.3) is 0 Å². The Hall–Kier alpha value is -3.14. The monoisotopic (exact) mass is 483 g/mol. The van der Waals surface area contributed by atoms with Crippen LogP contribution in [0.3, 0.4) is 0 Å². The minimum Gasteiger partial charge on any atom is -0.493 e. The summed E-state index contributed by atoms with van der Waals surface area (Å²) in [5, 5.41) is 6.51. The zero-order chi connectivity index (χ0) is 23.3. The molecule has 0 spiro atoms. The van der Waals surface area contributed by atoms with Crippen LogP contribution in [0.4, 0.5) is 0 Å². The summed E-state index contributed by atoms with van der Waals surface area (Å²) >= 11 is 1.46. The Labute approximate surface area is 197 Å². The first-order valence-corrected chi connectivity index (χ1v) is 12.7. The van der Waals surface area contributed by atoms with Crippen LogP contribution >= 0.6 is 11.3 Å². The van der Waals surface area contributed by atoms with Gasteiger partial charge < -0.3 is 9.47 Å². The minimum atomic E-state index is -3.77. The van der Waals surface area contributed by atoms with Gasteiger partial charge in [-0.25, -0.2) is 13.1 Å². The minimum absolute atomic E-state index is 0.174. The van der Waals surface area contributed by atoms with Crippen molar-refractivity contribution in [2.45, 2.75) is 17.9 Å². The first kappa shape index (κ1) is 23.0. The van der Waals surface area contributed by atoms with Gasteiger partial charge in [0, 0.05) is 12.7 Å². The van der Waals surface area contributed by atoms with Gasteiger partial charge in [-0.1, -0.05) is 42.5 Å². The molecule has 0 amide bonds. The number of hydrogen-bond donors (Lipinski definition) is 1. The van der Waals surface area contributed by atoms with Gasteiger partial charge in [-0.15, -0.1) is 11.3 Å². The second-order valence-electron chi connectivity index (χ2n) is 7.34. The molecule has 0 aliphatic carbocycles. The summed E-state index contributed by atoms with van der Waals surface area (Å²) in [4.78, 5) is 0.982. The topological polar surface area (TPSA) is 82.5 Å². The van der Waals surface area contributed by atoms with Gasteiger partial charge >= 0.3 is 0 Å². The maximum atomic E-state index is 13.2. The van der Waals surface area contributed by atoms with Gasteiger partial charge in [-0.2, -0.15) is 5.10 Å². The number of nitrogens with one attached hydrogen (secondary N) is 1. The molecule has 0 atom stereocenters. The van der Waals surface area contributed by atoms with Gasteiger partial charge in [0.1, 0.15) is 10.6 Å². The molecular formula is C24H25N3O4S2. The van der Waals surface area contributed by atoms with Crippen molar-refractivity contribution in [3.63, 3.8) is 0 Å². The highest BCUT2D eigenvalue weighted by Crippen LogP contribution is 2.30. The van der Waals surface area contributed by atoms with E-state index in [4.69, 9.17) is 9.47 Å². The van der Waals surface area contributed by atoms with Crippen molar-refractivity contribution >= 4 is 21.4 Å². The van der Waals surface area contributed by atoms with E-state index >= 15 is 0 Å². The molecule has 2 heterocycles. The quantitative estimate of drug-likeness (QED) is 0.366. The zero-order valence-electron chi connectivity index (χ0n) is 18.4. The molecule has 0 radical (unpaired) electrons. The number of ether oxygens (including phenoxy) is 2. The van der Waals surface area contributed by atoms with Crippen molar-refractivity contribution in [1.29, 1.82) is 0 Å². The van der Waals surface area contributed by atoms with Crippen LogP contribution in [0.25, 0.3) is 10.6 Å². The Kier molecular flexibility index (Phi) is 7.12. The first-order chi connectivity index (χ1) is 16.0. The Balaban J connectivity index is 1.54. The standard InChI is InChI=1S/C24H25N3O4S2/c1-30-20-11-10-18(15-21(20)31-2)12-13-25-33(28,29)23-17-27(16-19-7-4-3-5-8-19)26-24(23)22-9-6-14-32-22/h3-11,14-15,17,25H,12-13,16H2,1-2H3. The highest BCUT2D eigenvalue weighted by Gasteiger charge is 2.24.